The molecule has 0 saturated heterocycles. The number of halogens is 1. The molecule has 0 aromatic heterocycles. The second-order valence-electron chi connectivity index (χ2n) is 2.87. The fourth-order valence-corrected chi connectivity index (χ4v) is 1.71. The molecular weight excluding hydrogens is 232 g/mol. The number of nitrogens with one attached hydrogen (secondary N) is 1. The first kappa shape index (κ1) is 10.1. The fraction of sp³-hybridized carbons (Fsp3) is 0.222. The van der Waals surface area contributed by atoms with Crippen molar-refractivity contribution in [1.82, 2.24) is 0 Å². The highest BCUT2D eigenvalue weighted by Gasteiger charge is 2.05. The van der Waals surface area contributed by atoms with E-state index in [0.29, 0.717) is 11.4 Å². The lowest BCUT2D eigenvalue weighted by molar-refractivity contribution is -0.114. The van der Waals surface area contributed by atoms with E-state index in [-0.39, 0.29) is 5.91 Å². The zero-order valence-corrected chi connectivity index (χ0v) is 9.10. The number of carbonyl (C=O) groups is 1. The van der Waals surface area contributed by atoms with Crippen LogP contribution in [0.5, 0.6) is 0 Å². The maximum absolute atomic E-state index is 10.8. The largest absolute Gasteiger partial charge is 0.397 e. The Morgan fingerprint density at radius 3 is 2.62 bits per heavy atom. The molecule has 1 aromatic carbocycles. The van der Waals surface area contributed by atoms with Crippen LogP contribution in [0.1, 0.15) is 12.5 Å². The van der Waals surface area contributed by atoms with E-state index in [1.807, 2.05) is 13.0 Å². The number of hydrogen-bond acceptors (Lipinski definition) is 2. The first-order valence-corrected chi connectivity index (χ1v) is 4.63. The van der Waals surface area contributed by atoms with Crippen LogP contribution in [0.15, 0.2) is 16.6 Å². The summed E-state index contributed by atoms with van der Waals surface area (Å²) in [5.74, 6) is -0.114. The highest BCUT2D eigenvalue weighted by atomic mass is 79.9. The molecule has 0 aliphatic rings. The molecule has 4 heteroatoms. The molecule has 0 fully saturated rings. The molecule has 0 unspecified atom stereocenters. The van der Waals surface area contributed by atoms with E-state index in [1.165, 1.54) is 6.92 Å². The Kier molecular flexibility index (Phi) is 2.93. The summed E-state index contributed by atoms with van der Waals surface area (Å²) < 4.78 is 0.914. The molecule has 1 amide bonds. The second kappa shape index (κ2) is 3.79. The van der Waals surface area contributed by atoms with Crippen molar-refractivity contribution in [1.29, 1.82) is 0 Å². The van der Waals surface area contributed by atoms with Gasteiger partial charge in [-0.25, -0.2) is 0 Å². The number of carbonyl (C=O) groups excluding carboxylic acids is 1. The fourth-order valence-electron chi connectivity index (χ4n) is 1.12. The van der Waals surface area contributed by atoms with Crippen molar-refractivity contribution in [2.45, 2.75) is 13.8 Å². The van der Waals surface area contributed by atoms with Crippen molar-refractivity contribution in [2.75, 3.05) is 11.1 Å². The number of benzene rings is 1. The lowest BCUT2D eigenvalue weighted by Gasteiger charge is -2.10. The van der Waals surface area contributed by atoms with Crippen molar-refractivity contribution in [3.05, 3.63) is 22.2 Å². The molecular formula is C9H11BrN2O. The highest BCUT2D eigenvalue weighted by Crippen LogP contribution is 2.27. The number of aryl methyl sites for hydroxylation is 1. The first-order valence-electron chi connectivity index (χ1n) is 3.84. The van der Waals surface area contributed by atoms with Gasteiger partial charge in [-0.3, -0.25) is 4.79 Å². The number of amides is 1. The van der Waals surface area contributed by atoms with Gasteiger partial charge in [0.15, 0.2) is 0 Å². The molecule has 0 saturated carbocycles. The van der Waals surface area contributed by atoms with Gasteiger partial charge in [0.1, 0.15) is 0 Å². The van der Waals surface area contributed by atoms with E-state index in [4.69, 9.17) is 5.73 Å². The summed E-state index contributed by atoms with van der Waals surface area (Å²) >= 11 is 3.32. The number of hydrogen-bond donors (Lipinski definition) is 2. The predicted octanol–water partition coefficient (Wildman–Crippen LogP) is 2.30. The maximum Gasteiger partial charge on any atom is 0.221 e. The van der Waals surface area contributed by atoms with Gasteiger partial charge < -0.3 is 11.1 Å². The summed E-state index contributed by atoms with van der Waals surface area (Å²) in [5.41, 5.74) is 7.93. The van der Waals surface area contributed by atoms with E-state index >= 15 is 0 Å². The van der Waals surface area contributed by atoms with Crippen LogP contribution in [-0.2, 0) is 4.79 Å². The molecule has 3 N–H and O–H groups in total. The van der Waals surface area contributed by atoms with Gasteiger partial charge >= 0.3 is 0 Å². The van der Waals surface area contributed by atoms with Gasteiger partial charge in [-0.05, 0) is 24.6 Å². The third-order valence-corrected chi connectivity index (χ3v) is 2.09. The molecule has 0 bridgehead atoms. The van der Waals surface area contributed by atoms with Crippen LogP contribution in [0.25, 0.3) is 0 Å². The lowest BCUT2D eigenvalue weighted by atomic mass is 10.1. The van der Waals surface area contributed by atoms with Crippen molar-refractivity contribution in [3.63, 3.8) is 0 Å². The van der Waals surface area contributed by atoms with Crippen LogP contribution < -0.4 is 11.1 Å². The molecule has 0 atom stereocenters. The molecule has 1 aromatic rings. The molecule has 0 heterocycles. The molecule has 3 nitrogen and oxygen atoms in total. The Morgan fingerprint density at radius 1 is 1.54 bits per heavy atom. The Labute approximate surface area is 85.4 Å². The van der Waals surface area contributed by atoms with E-state index in [2.05, 4.69) is 21.2 Å². The summed E-state index contributed by atoms with van der Waals surface area (Å²) in [6, 6.07) is 3.67. The quantitative estimate of drug-likeness (QED) is 0.743. The van der Waals surface area contributed by atoms with Crippen LogP contribution in [0, 0.1) is 6.92 Å². The van der Waals surface area contributed by atoms with Gasteiger partial charge in [0.2, 0.25) is 5.91 Å². The Hall–Kier alpha value is -1.03. The summed E-state index contributed by atoms with van der Waals surface area (Å²) in [6.45, 7) is 3.35. The van der Waals surface area contributed by atoms with Crippen LogP contribution in [0.3, 0.4) is 0 Å². The smallest absolute Gasteiger partial charge is 0.221 e. The van der Waals surface area contributed by atoms with Gasteiger partial charge in [0.25, 0.3) is 0 Å². The van der Waals surface area contributed by atoms with Crippen molar-refractivity contribution in [2.24, 2.45) is 0 Å². The van der Waals surface area contributed by atoms with E-state index in [1.54, 1.807) is 6.07 Å². The third kappa shape index (κ3) is 2.45. The minimum Gasteiger partial charge on any atom is -0.397 e. The van der Waals surface area contributed by atoms with Gasteiger partial charge in [-0.15, -0.1) is 0 Å². The van der Waals surface area contributed by atoms with Gasteiger partial charge in [0.05, 0.1) is 11.4 Å². The Balaban J connectivity index is 3.13. The predicted molar refractivity (Wildman–Crippen MR) is 57.6 cm³/mol. The number of nitrogens with two attached hydrogens (primary N) is 1. The zero-order valence-electron chi connectivity index (χ0n) is 7.52. The normalized spacial score (nSPS) is 9.77. The average Bonchev–Trinajstić information content (AvgIpc) is 1.96. The number of rotatable bonds is 1. The monoisotopic (exact) mass is 242 g/mol. The van der Waals surface area contributed by atoms with Crippen LogP contribution >= 0.6 is 15.9 Å². The Morgan fingerprint density at radius 2 is 2.15 bits per heavy atom. The summed E-state index contributed by atoms with van der Waals surface area (Å²) in [7, 11) is 0. The second-order valence-corrected chi connectivity index (χ2v) is 3.78. The molecule has 70 valence electrons. The summed E-state index contributed by atoms with van der Waals surface area (Å²) in [4.78, 5) is 10.8. The summed E-state index contributed by atoms with van der Waals surface area (Å²) in [5, 5.41) is 2.68. The van der Waals surface area contributed by atoms with Gasteiger partial charge in [0, 0.05) is 11.4 Å². The number of nitrogen functional groups attached to an aromatic ring is 1. The molecule has 0 aliphatic heterocycles. The molecule has 0 spiro atoms. The Bertz CT molecular complexity index is 326. The van der Waals surface area contributed by atoms with E-state index in [0.717, 1.165) is 10.0 Å². The van der Waals surface area contributed by atoms with E-state index < -0.39 is 0 Å². The topological polar surface area (TPSA) is 55.1 Å². The first-order chi connectivity index (χ1) is 6.00. The van der Waals surface area contributed by atoms with E-state index in [9.17, 15) is 4.79 Å². The van der Waals surface area contributed by atoms with Gasteiger partial charge in [-0.1, -0.05) is 15.9 Å². The van der Waals surface area contributed by atoms with Crippen LogP contribution in [0.4, 0.5) is 11.4 Å². The number of anilines is 2. The zero-order chi connectivity index (χ0) is 10.0. The van der Waals surface area contributed by atoms with Crippen molar-refractivity contribution < 1.29 is 4.79 Å². The molecule has 1 rings (SSSR count). The van der Waals surface area contributed by atoms with Gasteiger partial charge in [-0.2, -0.15) is 0 Å². The maximum atomic E-state index is 10.8. The highest BCUT2D eigenvalue weighted by molar-refractivity contribution is 9.10. The molecule has 0 aliphatic carbocycles. The third-order valence-electron chi connectivity index (χ3n) is 1.63. The average molecular weight is 243 g/mol. The van der Waals surface area contributed by atoms with Crippen molar-refractivity contribution >= 4 is 33.2 Å². The minimum absolute atomic E-state index is 0.114. The standard InChI is InChI=1S/C9H11BrN2O/c1-5-3-7(10)4-8(11)9(5)12-6(2)13/h3-4H,11H2,1-2H3,(H,12,13). The van der Waals surface area contributed by atoms with Crippen molar-refractivity contribution in [3.8, 4) is 0 Å². The summed E-state index contributed by atoms with van der Waals surface area (Å²) in [6.07, 6.45) is 0. The SMILES string of the molecule is CC(=O)Nc1c(C)cc(Br)cc1N. The lowest BCUT2D eigenvalue weighted by Crippen LogP contribution is -2.09. The minimum atomic E-state index is -0.114. The van der Waals surface area contributed by atoms with Crippen LogP contribution in [-0.4, -0.2) is 5.91 Å². The molecule has 0 radical (unpaired) electrons. The molecule has 13 heavy (non-hydrogen) atoms. The van der Waals surface area contributed by atoms with Crippen LogP contribution in [0.2, 0.25) is 0 Å².